The van der Waals surface area contributed by atoms with Crippen LogP contribution in [0.5, 0.6) is 0 Å². The fourth-order valence-electron chi connectivity index (χ4n) is 4.44. The third-order valence-electron chi connectivity index (χ3n) is 5.91. The molecule has 0 spiro atoms. The molecule has 1 aromatic rings. The number of carbonyl (C=O) groups is 2. The standard InChI is InChI=1S/C21H30N2O3/c1-26-20(25)21(12-14-22-15-13-21)16-19(24)23(17-8-4-2-5-9-17)18-10-6-3-7-11-18/h2,4-5,8-9,18,22H,3,6-7,10-16H2,1H3. The van der Waals surface area contributed by atoms with Gasteiger partial charge < -0.3 is 15.0 Å². The van der Waals surface area contributed by atoms with Crippen LogP contribution in [0.4, 0.5) is 5.69 Å². The van der Waals surface area contributed by atoms with Crippen molar-refractivity contribution in [3.63, 3.8) is 0 Å². The van der Waals surface area contributed by atoms with E-state index in [1.807, 2.05) is 35.2 Å². The Morgan fingerprint density at radius 3 is 2.38 bits per heavy atom. The lowest BCUT2D eigenvalue weighted by molar-refractivity contribution is -0.157. The molecule has 0 bridgehead atoms. The molecule has 2 aliphatic rings. The molecule has 3 rings (SSSR count). The van der Waals surface area contributed by atoms with Gasteiger partial charge in [-0.05, 0) is 50.9 Å². The third-order valence-corrected chi connectivity index (χ3v) is 5.91. The SMILES string of the molecule is COC(=O)C1(CC(=O)N(c2ccccc2)C2CCCCC2)CCNCC1. The highest BCUT2D eigenvalue weighted by atomic mass is 16.5. The Morgan fingerprint density at radius 2 is 1.77 bits per heavy atom. The molecular formula is C21H30N2O3. The van der Waals surface area contributed by atoms with E-state index >= 15 is 0 Å². The average Bonchev–Trinajstić information content (AvgIpc) is 2.70. The predicted octanol–water partition coefficient (Wildman–Crippen LogP) is 3.29. The second-order valence-electron chi connectivity index (χ2n) is 7.59. The van der Waals surface area contributed by atoms with Crippen molar-refractivity contribution in [2.24, 2.45) is 5.41 Å². The van der Waals surface area contributed by atoms with Gasteiger partial charge >= 0.3 is 5.97 Å². The highest BCUT2D eigenvalue weighted by Crippen LogP contribution is 2.37. The topological polar surface area (TPSA) is 58.6 Å². The molecule has 1 saturated heterocycles. The lowest BCUT2D eigenvalue weighted by Crippen LogP contribution is -2.49. The van der Waals surface area contributed by atoms with E-state index in [4.69, 9.17) is 4.74 Å². The van der Waals surface area contributed by atoms with Crippen LogP contribution >= 0.6 is 0 Å². The van der Waals surface area contributed by atoms with Crippen LogP contribution in [0.25, 0.3) is 0 Å². The van der Waals surface area contributed by atoms with E-state index in [-0.39, 0.29) is 24.3 Å². The second-order valence-corrected chi connectivity index (χ2v) is 7.59. The largest absolute Gasteiger partial charge is 0.469 e. The molecule has 1 heterocycles. The highest BCUT2D eigenvalue weighted by molar-refractivity contribution is 5.97. The van der Waals surface area contributed by atoms with E-state index in [1.165, 1.54) is 13.5 Å². The summed E-state index contributed by atoms with van der Waals surface area (Å²) in [6.45, 7) is 1.49. The molecule has 0 aromatic heterocycles. The number of para-hydroxylation sites is 1. The number of nitrogens with zero attached hydrogens (tertiary/aromatic N) is 1. The molecule has 0 atom stereocenters. The van der Waals surface area contributed by atoms with Crippen LogP contribution in [0, 0.1) is 5.41 Å². The van der Waals surface area contributed by atoms with Gasteiger partial charge in [-0.1, -0.05) is 37.5 Å². The number of ether oxygens (including phenoxy) is 1. The number of methoxy groups -OCH3 is 1. The fourth-order valence-corrected chi connectivity index (χ4v) is 4.44. The zero-order valence-corrected chi connectivity index (χ0v) is 15.7. The molecule has 1 aliphatic carbocycles. The summed E-state index contributed by atoms with van der Waals surface area (Å²) in [6, 6.07) is 10.1. The fraction of sp³-hybridized carbons (Fsp3) is 0.619. The Labute approximate surface area is 156 Å². The van der Waals surface area contributed by atoms with Crippen molar-refractivity contribution < 1.29 is 14.3 Å². The minimum Gasteiger partial charge on any atom is -0.469 e. The van der Waals surface area contributed by atoms with Crippen LogP contribution in [0.2, 0.25) is 0 Å². The molecule has 5 nitrogen and oxygen atoms in total. The summed E-state index contributed by atoms with van der Waals surface area (Å²) in [5.41, 5.74) is 0.247. The van der Waals surface area contributed by atoms with Crippen molar-refractivity contribution in [2.75, 3.05) is 25.1 Å². The van der Waals surface area contributed by atoms with E-state index in [1.54, 1.807) is 0 Å². The molecule has 142 valence electrons. The zero-order valence-electron chi connectivity index (χ0n) is 15.7. The smallest absolute Gasteiger partial charge is 0.312 e. The lowest BCUT2D eigenvalue weighted by Gasteiger charge is -2.39. The van der Waals surface area contributed by atoms with Gasteiger partial charge in [-0.2, -0.15) is 0 Å². The summed E-state index contributed by atoms with van der Waals surface area (Å²) in [4.78, 5) is 27.9. The van der Waals surface area contributed by atoms with Crippen molar-refractivity contribution in [1.82, 2.24) is 5.32 Å². The number of nitrogens with one attached hydrogen (secondary N) is 1. The molecule has 26 heavy (non-hydrogen) atoms. The van der Waals surface area contributed by atoms with Gasteiger partial charge in [0.05, 0.1) is 12.5 Å². The second kappa shape index (κ2) is 8.67. The van der Waals surface area contributed by atoms with Crippen LogP contribution in [0.15, 0.2) is 30.3 Å². The van der Waals surface area contributed by atoms with E-state index in [0.717, 1.165) is 44.5 Å². The molecule has 0 radical (unpaired) electrons. The molecule has 0 unspecified atom stereocenters. The molecule has 1 aromatic carbocycles. The van der Waals surface area contributed by atoms with Crippen LogP contribution in [-0.4, -0.2) is 38.1 Å². The molecule has 1 N–H and O–H groups in total. The summed E-state index contributed by atoms with van der Waals surface area (Å²) < 4.78 is 5.09. The van der Waals surface area contributed by atoms with Crippen molar-refractivity contribution >= 4 is 17.6 Å². The summed E-state index contributed by atoms with van der Waals surface area (Å²) in [5.74, 6) is -0.195. The van der Waals surface area contributed by atoms with Gasteiger partial charge in [-0.25, -0.2) is 0 Å². The Morgan fingerprint density at radius 1 is 1.12 bits per heavy atom. The minimum absolute atomic E-state index is 0.0513. The number of carbonyl (C=O) groups excluding carboxylic acids is 2. The number of hydrogen-bond donors (Lipinski definition) is 1. The quantitative estimate of drug-likeness (QED) is 0.821. The molecular weight excluding hydrogens is 328 g/mol. The Balaban J connectivity index is 1.85. The maximum atomic E-state index is 13.4. The third kappa shape index (κ3) is 4.09. The highest BCUT2D eigenvalue weighted by Gasteiger charge is 2.44. The maximum Gasteiger partial charge on any atom is 0.312 e. The van der Waals surface area contributed by atoms with Gasteiger partial charge in [0.1, 0.15) is 0 Å². The summed E-state index contributed by atoms with van der Waals surface area (Å²) in [7, 11) is 1.42. The van der Waals surface area contributed by atoms with E-state index < -0.39 is 5.41 Å². The van der Waals surface area contributed by atoms with Gasteiger partial charge in [0.2, 0.25) is 5.91 Å². The number of rotatable bonds is 5. The number of esters is 1. The molecule has 1 amide bonds. The number of piperidine rings is 1. The number of amides is 1. The summed E-state index contributed by atoms with van der Waals surface area (Å²) >= 11 is 0. The first kappa shape index (κ1) is 18.9. The number of anilines is 1. The average molecular weight is 358 g/mol. The summed E-state index contributed by atoms with van der Waals surface area (Å²) in [5, 5.41) is 3.28. The maximum absolute atomic E-state index is 13.4. The Bertz CT molecular complexity index is 605. The molecule has 1 aliphatic heterocycles. The Kier molecular flexibility index (Phi) is 6.30. The monoisotopic (exact) mass is 358 g/mol. The van der Waals surface area contributed by atoms with Gasteiger partial charge in [0.15, 0.2) is 0 Å². The summed E-state index contributed by atoms with van der Waals surface area (Å²) in [6.07, 6.45) is 7.16. The van der Waals surface area contributed by atoms with E-state index in [0.29, 0.717) is 12.8 Å². The van der Waals surface area contributed by atoms with Crippen molar-refractivity contribution in [2.45, 2.75) is 57.4 Å². The van der Waals surface area contributed by atoms with Gasteiger partial charge in [-0.15, -0.1) is 0 Å². The Hall–Kier alpha value is -1.88. The molecule has 2 fully saturated rings. The van der Waals surface area contributed by atoms with Gasteiger partial charge in [0.25, 0.3) is 0 Å². The van der Waals surface area contributed by atoms with Crippen molar-refractivity contribution in [1.29, 1.82) is 0 Å². The minimum atomic E-state index is -0.696. The predicted molar refractivity (Wildman–Crippen MR) is 102 cm³/mol. The van der Waals surface area contributed by atoms with Gasteiger partial charge in [0, 0.05) is 18.2 Å². The van der Waals surface area contributed by atoms with Crippen LogP contribution in [0.3, 0.4) is 0 Å². The van der Waals surface area contributed by atoms with Crippen molar-refractivity contribution in [3.05, 3.63) is 30.3 Å². The first-order chi connectivity index (χ1) is 12.7. The first-order valence-electron chi connectivity index (χ1n) is 9.82. The van der Waals surface area contributed by atoms with Crippen LogP contribution in [-0.2, 0) is 14.3 Å². The lowest BCUT2D eigenvalue weighted by atomic mass is 9.75. The zero-order chi connectivity index (χ0) is 18.4. The van der Waals surface area contributed by atoms with Crippen LogP contribution < -0.4 is 10.2 Å². The van der Waals surface area contributed by atoms with E-state index in [2.05, 4.69) is 5.32 Å². The number of hydrogen-bond acceptors (Lipinski definition) is 4. The number of benzene rings is 1. The first-order valence-corrected chi connectivity index (χ1v) is 9.82. The molecule has 1 saturated carbocycles. The van der Waals surface area contributed by atoms with Crippen LogP contribution in [0.1, 0.15) is 51.4 Å². The van der Waals surface area contributed by atoms with Crippen molar-refractivity contribution in [3.8, 4) is 0 Å². The molecule has 5 heteroatoms. The van der Waals surface area contributed by atoms with Gasteiger partial charge in [-0.3, -0.25) is 9.59 Å². The van der Waals surface area contributed by atoms with E-state index in [9.17, 15) is 9.59 Å². The normalized spacial score (nSPS) is 20.3.